The highest BCUT2D eigenvalue weighted by atomic mass is 16.3. The van der Waals surface area contributed by atoms with Gasteiger partial charge in [0.2, 0.25) is 0 Å². The maximum Gasteiger partial charge on any atom is 0.122 e. The Morgan fingerprint density at radius 3 is 1.29 bits per heavy atom. The minimum Gasteiger partial charge on any atom is -0.507 e. The third-order valence-electron chi connectivity index (χ3n) is 4.64. The van der Waals surface area contributed by atoms with Crippen molar-refractivity contribution < 1.29 is 10.2 Å². The molecule has 2 rings (SSSR count). The predicted molar refractivity (Wildman–Crippen MR) is 87.4 cm³/mol. The molecule has 0 aliphatic rings. The second-order valence-electron chi connectivity index (χ2n) is 6.10. The van der Waals surface area contributed by atoms with Gasteiger partial charge in [0, 0.05) is 17.5 Å². The molecule has 0 aromatic heterocycles. The van der Waals surface area contributed by atoms with Gasteiger partial charge in [0.1, 0.15) is 11.5 Å². The van der Waals surface area contributed by atoms with Crippen molar-refractivity contribution in [1.29, 1.82) is 0 Å². The molecule has 0 unspecified atom stereocenters. The number of hydrogen-bond acceptors (Lipinski definition) is 2. The number of hydrogen-bond donors (Lipinski definition) is 2. The highest BCUT2D eigenvalue weighted by Gasteiger charge is 2.16. The van der Waals surface area contributed by atoms with E-state index in [1.54, 1.807) is 0 Å². The lowest BCUT2D eigenvalue weighted by atomic mass is 9.90. The van der Waals surface area contributed by atoms with Crippen LogP contribution in [0, 0.1) is 41.5 Å². The molecule has 0 amide bonds. The molecule has 21 heavy (non-hydrogen) atoms. The second kappa shape index (κ2) is 5.44. The van der Waals surface area contributed by atoms with Gasteiger partial charge in [-0.05, 0) is 74.9 Å². The van der Waals surface area contributed by atoms with E-state index < -0.39 is 0 Å². The monoisotopic (exact) mass is 284 g/mol. The number of phenolic OH excluding ortho intramolecular Hbond substituents is 2. The third kappa shape index (κ3) is 2.63. The Hall–Kier alpha value is -1.96. The van der Waals surface area contributed by atoms with Gasteiger partial charge in [0.25, 0.3) is 0 Å². The Labute approximate surface area is 127 Å². The molecule has 2 nitrogen and oxygen atoms in total. The van der Waals surface area contributed by atoms with Crippen molar-refractivity contribution in [3.8, 4) is 11.5 Å². The summed E-state index contributed by atoms with van der Waals surface area (Å²) < 4.78 is 0. The van der Waals surface area contributed by atoms with Crippen LogP contribution < -0.4 is 0 Å². The zero-order chi connectivity index (χ0) is 15.9. The van der Waals surface area contributed by atoms with Crippen LogP contribution in [0.2, 0.25) is 0 Å². The highest BCUT2D eigenvalue weighted by Crippen LogP contribution is 2.35. The summed E-state index contributed by atoms with van der Waals surface area (Å²) in [5.41, 5.74) is 7.94. The van der Waals surface area contributed by atoms with Crippen LogP contribution in [0.5, 0.6) is 11.5 Å². The zero-order valence-corrected chi connectivity index (χ0v) is 13.8. The van der Waals surface area contributed by atoms with Crippen LogP contribution in [0.25, 0.3) is 0 Å². The van der Waals surface area contributed by atoms with Gasteiger partial charge in [0.15, 0.2) is 0 Å². The summed E-state index contributed by atoms with van der Waals surface area (Å²) in [5.74, 6) is 0.703. The molecular formula is C19H24O2. The molecule has 0 aliphatic heterocycles. The van der Waals surface area contributed by atoms with Gasteiger partial charge in [0.05, 0.1) is 0 Å². The van der Waals surface area contributed by atoms with Gasteiger partial charge >= 0.3 is 0 Å². The fourth-order valence-corrected chi connectivity index (χ4v) is 2.86. The van der Waals surface area contributed by atoms with E-state index in [0.717, 1.165) is 44.5 Å². The quantitative estimate of drug-likeness (QED) is 0.850. The molecule has 0 heterocycles. The van der Waals surface area contributed by atoms with E-state index >= 15 is 0 Å². The average Bonchev–Trinajstić information content (AvgIpc) is 2.42. The molecular weight excluding hydrogens is 260 g/mol. The molecule has 0 atom stereocenters. The van der Waals surface area contributed by atoms with E-state index in [4.69, 9.17) is 0 Å². The summed E-state index contributed by atoms with van der Waals surface area (Å²) in [6, 6.07) is 4.19. The summed E-state index contributed by atoms with van der Waals surface area (Å²) in [4.78, 5) is 0. The first-order valence-electron chi connectivity index (χ1n) is 7.31. The first-order chi connectivity index (χ1) is 9.73. The van der Waals surface area contributed by atoms with Crippen molar-refractivity contribution in [2.75, 3.05) is 0 Å². The number of benzene rings is 2. The molecule has 0 fully saturated rings. The molecule has 0 saturated heterocycles. The first kappa shape index (κ1) is 15.4. The Balaban J connectivity index is 2.59. The Bertz CT molecular complexity index is 651. The smallest absolute Gasteiger partial charge is 0.122 e. The zero-order valence-electron chi connectivity index (χ0n) is 13.8. The van der Waals surface area contributed by atoms with E-state index in [1.807, 2.05) is 41.5 Å². The molecule has 0 bridgehead atoms. The fraction of sp³-hybridized carbons (Fsp3) is 0.368. The highest BCUT2D eigenvalue weighted by molar-refractivity contribution is 5.55. The molecule has 2 aromatic rings. The van der Waals surface area contributed by atoms with Crippen LogP contribution in [-0.4, -0.2) is 10.2 Å². The van der Waals surface area contributed by atoms with Crippen molar-refractivity contribution in [1.82, 2.24) is 0 Å². The molecule has 0 spiro atoms. The Morgan fingerprint density at radius 2 is 0.952 bits per heavy atom. The molecule has 112 valence electrons. The number of phenols is 2. The van der Waals surface area contributed by atoms with Crippen molar-refractivity contribution in [2.24, 2.45) is 0 Å². The summed E-state index contributed by atoms with van der Waals surface area (Å²) in [5, 5.41) is 20.9. The maximum atomic E-state index is 10.4. The van der Waals surface area contributed by atoms with Gasteiger partial charge in [-0.3, -0.25) is 0 Å². The van der Waals surface area contributed by atoms with E-state index in [2.05, 4.69) is 12.1 Å². The van der Waals surface area contributed by atoms with Gasteiger partial charge < -0.3 is 10.2 Å². The van der Waals surface area contributed by atoms with Gasteiger partial charge in [-0.25, -0.2) is 0 Å². The van der Waals surface area contributed by atoms with Gasteiger partial charge in [-0.15, -0.1) is 0 Å². The minimum absolute atomic E-state index is 0.351. The van der Waals surface area contributed by atoms with E-state index in [9.17, 15) is 10.2 Å². The minimum atomic E-state index is 0.351. The molecule has 0 aliphatic carbocycles. The molecule has 2 aromatic carbocycles. The SMILES string of the molecule is Cc1cc(C)c(Cc2c(C)cc(C)c(C)c2O)c(O)c1C. The first-order valence-corrected chi connectivity index (χ1v) is 7.31. The normalized spacial score (nSPS) is 11.0. The molecule has 0 radical (unpaired) electrons. The lowest BCUT2D eigenvalue weighted by Crippen LogP contribution is -2.00. The second-order valence-corrected chi connectivity index (χ2v) is 6.10. The molecule has 0 saturated carbocycles. The van der Waals surface area contributed by atoms with Crippen molar-refractivity contribution in [3.63, 3.8) is 0 Å². The average molecular weight is 284 g/mol. The summed E-state index contributed by atoms with van der Waals surface area (Å²) >= 11 is 0. The summed E-state index contributed by atoms with van der Waals surface area (Å²) in [6.07, 6.45) is 0.553. The Kier molecular flexibility index (Phi) is 3.99. The number of rotatable bonds is 2. The lowest BCUT2D eigenvalue weighted by molar-refractivity contribution is 0.457. The van der Waals surface area contributed by atoms with Crippen molar-refractivity contribution >= 4 is 0 Å². The predicted octanol–water partition coefficient (Wildman–Crippen LogP) is 4.54. The standard InChI is InChI=1S/C19H24O2/c1-10-7-12(3)16(18(20)14(10)5)9-17-13(4)8-11(2)15(6)19(17)21/h7-8,20-21H,9H2,1-6H3. The van der Waals surface area contributed by atoms with Crippen LogP contribution in [0.3, 0.4) is 0 Å². The summed E-state index contributed by atoms with van der Waals surface area (Å²) in [7, 11) is 0. The van der Waals surface area contributed by atoms with E-state index in [-0.39, 0.29) is 0 Å². The van der Waals surface area contributed by atoms with Crippen molar-refractivity contribution in [2.45, 2.75) is 48.0 Å². The Morgan fingerprint density at radius 1 is 0.619 bits per heavy atom. The number of aromatic hydroxyl groups is 2. The fourth-order valence-electron chi connectivity index (χ4n) is 2.86. The van der Waals surface area contributed by atoms with E-state index in [0.29, 0.717) is 17.9 Å². The molecule has 2 heteroatoms. The van der Waals surface area contributed by atoms with Crippen LogP contribution in [0.4, 0.5) is 0 Å². The molecule has 2 N–H and O–H groups in total. The van der Waals surface area contributed by atoms with Crippen LogP contribution >= 0.6 is 0 Å². The van der Waals surface area contributed by atoms with Crippen LogP contribution in [-0.2, 0) is 6.42 Å². The largest absolute Gasteiger partial charge is 0.507 e. The third-order valence-corrected chi connectivity index (χ3v) is 4.64. The summed E-state index contributed by atoms with van der Waals surface area (Å²) in [6.45, 7) is 11.9. The van der Waals surface area contributed by atoms with Crippen LogP contribution in [0.15, 0.2) is 12.1 Å². The lowest BCUT2D eigenvalue weighted by Gasteiger charge is -2.17. The maximum absolute atomic E-state index is 10.4. The van der Waals surface area contributed by atoms with Gasteiger partial charge in [-0.1, -0.05) is 12.1 Å². The van der Waals surface area contributed by atoms with E-state index in [1.165, 1.54) is 0 Å². The van der Waals surface area contributed by atoms with Gasteiger partial charge in [-0.2, -0.15) is 0 Å². The van der Waals surface area contributed by atoms with Crippen LogP contribution in [0.1, 0.15) is 44.5 Å². The van der Waals surface area contributed by atoms with Crippen molar-refractivity contribution in [3.05, 3.63) is 56.6 Å². The topological polar surface area (TPSA) is 40.5 Å². The number of aryl methyl sites for hydroxylation is 4.